The molecule has 2 aliphatic rings. The molecule has 104 valence electrons. The van der Waals surface area contributed by atoms with Gasteiger partial charge in [0.15, 0.2) is 11.9 Å². The van der Waals surface area contributed by atoms with Crippen molar-refractivity contribution in [1.29, 1.82) is 0 Å². The molecule has 0 aromatic heterocycles. The molecule has 0 unspecified atom stereocenters. The van der Waals surface area contributed by atoms with E-state index in [1.807, 2.05) is 0 Å². The Labute approximate surface area is 104 Å². The van der Waals surface area contributed by atoms with Gasteiger partial charge in [0.2, 0.25) is 6.54 Å². The van der Waals surface area contributed by atoms with Crippen LogP contribution in [-0.2, 0) is 14.2 Å². The quantitative estimate of drug-likeness (QED) is 0.480. The van der Waals surface area contributed by atoms with E-state index in [1.54, 1.807) is 13.8 Å². The summed E-state index contributed by atoms with van der Waals surface area (Å²) in [6.45, 7) is 2.97. The van der Waals surface area contributed by atoms with Gasteiger partial charge in [0.1, 0.15) is 24.4 Å². The number of rotatable bonds is 2. The number of hydrogen-bond acceptors (Lipinski definition) is 7. The average molecular weight is 263 g/mol. The van der Waals surface area contributed by atoms with Crippen molar-refractivity contribution < 1.29 is 29.3 Å². The van der Waals surface area contributed by atoms with Crippen LogP contribution in [0.2, 0.25) is 0 Å². The first-order valence-corrected chi connectivity index (χ1v) is 5.75. The molecule has 18 heavy (non-hydrogen) atoms. The van der Waals surface area contributed by atoms with Crippen molar-refractivity contribution in [2.75, 3.05) is 13.2 Å². The van der Waals surface area contributed by atoms with Crippen LogP contribution in [0, 0.1) is 10.1 Å². The Morgan fingerprint density at radius 3 is 2.67 bits per heavy atom. The van der Waals surface area contributed by atoms with E-state index in [0.717, 1.165) is 0 Å². The monoisotopic (exact) mass is 263 g/mol. The molecule has 2 rings (SSSR count). The van der Waals surface area contributed by atoms with Gasteiger partial charge in [-0.05, 0) is 13.8 Å². The molecule has 0 aromatic rings. The average Bonchev–Trinajstić information content (AvgIpc) is 2.26. The molecule has 5 atom stereocenters. The zero-order valence-corrected chi connectivity index (χ0v) is 10.2. The van der Waals surface area contributed by atoms with Crippen molar-refractivity contribution >= 4 is 0 Å². The molecule has 0 aromatic carbocycles. The Morgan fingerprint density at radius 2 is 2.06 bits per heavy atom. The van der Waals surface area contributed by atoms with Gasteiger partial charge >= 0.3 is 0 Å². The van der Waals surface area contributed by atoms with Gasteiger partial charge in [0.25, 0.3) is 0 Å². The maximum atomic E-state index is 10.5. The van der Waals surface area contributed by atoms with Gasteiger partial charge < -0.3 is 24.4 Å². The molecule has 2 saturated heterocycles. The summed E-state index contributed by atoms with van der Waals surface area (Å²) in [5, 5.41) is 30.2. The van der Waals surface area contributed by atoms with Crippen LogP contribution in [0.1, 0.15) is 13.8 Å². The van der Waals surface area contributed by atoms with Crippen molar-refractivity contribution in [3.05, 3.63) is 10.1 Å². The zero-order valence-electron chi connectivity index (χ0n) is 10.2. The molecule has 0 spiro atoms. The summed E-state index contributed by atoms with van der Waals surface area (Å²) in [6, 6.07) is 0. The Morgan fingerprint density at radius 1 is 1.39 bits per heavy atom. The second kappa shape index (κ2) is 4.71. The molecule has 8 heteroatoms. The molecule has 2 aliphatic heterocycles. The van der Waals surface area contributed by atoms with Crippen molar-refractivity contribution in [2.24, 2.45) is 0 Å². The molecule has 2 N–H and O–H groups in total. The fraction of sp³-hybridized carbons (Fsp3) is 1.00. The van der Waals surface area contributed by atoms with Gasteiger partial charge in [-0.1, -0.05) is 0 Å². The molecular formula is C10H17NO7. The summed E-state index contributed by atoms with van der Waals surface area (Å²) in [7, 11) is 0. The van der Waals surface area contributed by atoms with E-state index in [2.05, 4.69) is 0 Å². The summed E-state index contributed by atoms with van der Waals surface area (Å²) in [5.41, 5.74) is 0. The first-order chi connectivity index (χ1) is 8.30. The maximum Gasteiger partial charge on any atom is 0.232 e. The molecule has 2 heterocycles. The maximum absolute atomic E-state index is 10.5. The van der Waals surface area contributed by atoms with Crippen molar-refractivity contribution in [3.63, 3.8) is 0 Å². The third-order valence-electron chi connectivity index (χ3n) is 3.13. The zero-order chi connectivity index (χ0) is 13.5. The number of aliphatic hydroxyl groups excluding tert-OH is 2. The lowest BCUT2D eigenvalue weighted by atomic mass is 9.94. The van der Waals surface area contributed by atoms with Gasteiger partial charge in [-0.25, -0.2) is 0 Å². The normalized spacial score (nSPS) is 43.2. The van der Waals surface area contributed by atoms with Gasteiger partial charge in [-0.2, -0.15) is 0 Å². The topological polar surface area (TPSA) is 111 Å². The molecule has 0 saturated carbocycles. The molecule has 8 nitrogen and oxygen atoms in total. The summed E-state index contributed by atoms with van der Waals surface area (Å²) in [6.07, 6.45) is -4.97. The van der Waals surface area contributed by atoms with Crippen LogP contribution in [0.3, 0.4) is 0 Å². The van der Waals surface area contributed by atoms with Crippen LogP contribution in [0.5, 0.6) is 0 Å². The fourth-order valence-corrected chi connectivity index (χ4v) is 2.24. The van der Waals surface area contributed by atoms with Crippen LogP contribution in [-0.4, -0.2) is 64.6 Å². The Kier molecular flexibility index (Phi) is 3.56. The largest absolute Gasteiger partial charge is 0.387 e. The second-order valence-corrected chi connectivity index (χ2v) is 5.00. The molecule has 0 amide bonds. The van der Waals surface area contributed by atoms with Gasteiger partial charge in [0, 0.05) is 4.92 Å². The summed E-state index contributed by atoms with van der Waals surface area (Å²) < 4.78 is 16.2. The third-order valence-corrected chi connectivity index (χ3v) is 3.13. The van der Waals surface area contributed by atoms with Crippen LogP contribution >= 0.6 is 0 Å². The van der Waals surface area contributed by atoms with E-state index < -0.39 is 47.8 Å². The summed E-state index contributed by atoms with van der Waals surface area (Å²) in [5.74, 6) is -0.874. The SMILES string of the molecule is CC1(C)OC[C@H]2O[C@@H](C[N+](=O)[O-])[C@H](O)[C@@H](O)[C@@H]2O1. The first kappa shape index (κ1) is 13.6. The molecule has 0 aliphatic carbocycles. The molecule has 0 bridgehead atoms. The van der Waals surface area contributed by atoms with Crippen molar-refractivity contribution in [3.8, 4) is 0 Å². The first-order valence-electron chi connectivity index (χ1n) is 5.75. The Hall–Kier alpha value is -0.800. The predicted molar refractivity (Wildman–Crippen MR) is 57.4 cm³/mol. The van der Waals surface area contributed by atoms with Gasteiger partial charge in [0.05, 0.1) is 6.61 Å². The highest BCUT2D eigenvalue weighted by Crippen LogP contribution is 2.32. The minimum atomic E-state index is -1.34. The van der Waals surface area contributed by atoms with Crippen LogP contribution in [0.25, 0.3) is 0 Å². The number of nitro groups is 1. The lowest BCUT2D eigenvalue weighted by Crippen LogP contribution is -2.65. The third kappa shape index (κ3) is 2.62. The van der Waals surface area contributed by atoms with E-state index in [1.165, 1.54) is 0 Å². The molecular weight excluding hydrogens is 246 g/mol. The van der Waals surface area contributed by atoms with Gasteiger partial charge in [-0.15, -0.1) is 0 Å². The minimum Gasteiger partial charge on any atom is -0.387 e. The van der Waals surface area contributed by atoms with Crippen LogP contribution < -0.4 is 0 Å². The van der Waals surface area contributed by atoms with E-state index in [0.29, 0.717) is 0 Å². The predicted octanol–water partition coefficient (Wildman–Crippen LogP) is -1.10. The number of fused-ring (bicyclic) bond motifs is 1. The standard InChI is InChI=1S/C10H17NO7/c1-10(2)16-4-6-9(18-10)8(13)7(12)5(17-6)3-11(14)15/h5-9,12-13H,3-4H2,1-2H3/t5-,6+,7-,8+,9+/m0/s1. The van der Waals surface area contributed by atoms with Crippen LogP contribution in [0.4, 0.5) is 0 Å². The smallest absolute Gasteiger partial charge is 0.232 e. The number of aliphatic hydroxyl groups is 2. The Balaban J connectivity index is 2.09. The minimum absolute atomic E-state index is 0.162. The number of nitrogens with zero attached hydrogens (tertiary/aromatic N) is 1. The summed E-state index contributed by atoms with van der Waals surface area (Å²) in [4.78, 5) is 9.87. The number of ether oxygens (including phenoxy) is 3. The molecule has 2 fully saturated rings. The molecule has 0 radical (unpaired) electrons. The van der Waals surface area contributed by atoms with Crippen molar-refractivity contribution in [2.45, 2.75) is 50.2 Å². The van der Waals surface area contributed by atoms with Crippen LogP contribution in [0.15, 0.2) is 0 Å². The fourth-order valence-electron chi connectivity index (χ4n) is 2.24. The van der Waals surface area contributed by atoms with E-state index in [-0.39, 0.29) is 6.61 Å². The second-order valence-electron chi connectivity index (χ2n) is 5.00. The van der Waals surface area contributed by atoms with E-state index in [4.69, 9.17) is 14.2 Å². The summed E-state index contributed by atoms with van der Waals surface area (Å²) >= 11 is 0. The number of hydrogen-bond donors (Lipinski definition) is 2. The van der Waals surface area contributed by atoms with Gasteiger partial charge in [-0.3, -0.25) is 10.1 Å². The van der Waals surface area contributed by atoms with E-state index >= 15 is 0 Å². The lowest BCUT2D eigenvalue weighted by Gasteiger charge is -2.48. The van der Waals surface area contributed by atoms with E-state index in [9.17, 15) is 20.3 Å². The lowest BCUT2D eigenvalue weighted by molar-refractivity contribution is -0.501. The highest BCUT2D eigenvalue weighted by Gasteiger charge is 2.51. The van der Waals surface area contributed by atoms with Crippen molar-refractivity contribution in [1.82, 2.24) is 0 Å². The Bertz CT molecular complexity index is 332. The highest BCUT2D eigenvalue weighted by atomic mass is 16.7. The highest BCUT2D eigenvalue weighted by molar-refractivity contribution is 4.95.